The first-order valence-electron chi connectivity index (χ1n) is 12.1. The summed E-state index contributed by atoms with van der Waals surface area (Å²) >= 11 is 0. The van der Waals surface area contributed by atoms with E-state index in [1.165, 1.54) is 12.8 Å². The van der Waals surface area contributed by atoms with Crippen molar-refractivity contribution in [3.63, 3.8) is 0 Å². The van der Waals surface area contributed by atoms with Gasteiger partial charge in [-0.05, 0) is 81.2 Å². The van der Waals surface area contributed by atoms with Crippen LogP contribution in [0.25, 0.3) is 11.1 Å². The van der Waals surface area contributed by atoms with Gasteiger partial charge >= 0.3 is 0 Å². The monoisotopic (exact) mass is 482 g/mol. The highest BCUT2D eigenvalue weighted by molar-refractivity contribution is 6.09. The van der Waals surface area contributed by atoms with E-state index in [1.807, 2.05) is 31.5 Å². The number of nitrogens with zero attached hydrogens (tertiary/aromatic N) is 6. The molecular formula is C27H30N8O. The molecule has 4 aromatic heterocycles. The van der Waals surface area contributed by atoms with Gasteiger partial charge in [-0.3, -0.25) is 9.78 Å². The maximum atomic E-state index is 12.9. The molecule has 184 valence electrons. The van der Waals surface area contributed by atoms with Crippen LogP contribution < -0.4 is 10.6 Å². The van der Waals surface area contributed by atoms with Gasteiger partial charge in [-0.25, -0.2) is 14.5 Å². The fourth-order valence-corrected chi connectivity index (χ4v) is 4.48. The Bertz CT molecular complexity index is 1390. The van der Waals surface area contributed by atoms with Crippen LogP contribution in [-0.2, 0) is 0 Å². The highest BCUT2D eigenvalue weighted by Crippen LogP contribution is 2.26. The average molecular weight is 483 g/mol. The second-order valence-corrected chi connectivity index (χ2v) is 9.30. The smallest absolute Gasteiger partial charge is 0.259 e. The predicted octanol–water partition coefficient (Wildman–Crippen LogP) is 3.90. The first kappa shape index (κ1) is 23.6. The third-order valence-corrected chi connectivity index (χ3v) is 6.73. The zero-order chi connectivity index (χ0) is 25.1. The summed E-state index contributed by atoms with van der Waals surface area (Å²) in [5, 5.41) is 10.6. The lowest BCUT2D eigenvalue weighted by molar-refractivity contribution is 0.102. The Balaban J connectivity index is 1.31. The van der Waals surface area contributed by atoms with E-state index in [9.17, 15) is 4.79 Å². The van der Waals surface area contributed by atoms with Crippen molar-refractivity contribution in [2.75, 3.05) is 37.3 Å². The Morgan fingerprint density at radius 1 is 1.17 bits per heavy atom. The molecule has 2 N–H and O–H groups in total. The number of rotatable bonds is 7. The van der Waals surface area contributed by atoms with Gasteiger partial charge in [0.2, 0.25) is 5.95 Å². The first-order valence-corrected chi connectivity index (χ1v) is 12.1. The van der Waals surface area contributed by atoms with Crippen molar-refractivity contribution in [1.29, 1.82) is 0 Å². The number of pyridine rings is 2. The lowest BCUT2D eigenvalue weighted by atomic mass is 9.97. The number of fused-ring (bicyclic) bond motifs is 1. The molecule has 0 aliphatic carbocycles. The van der Waals surface area contributed by atoms with Gasteiger partial charge in [0.25, 0.3) is 5.91 Å². The van der Waals surface area contributed by atoms with Crippen molar-refractivity contribution < 1.29 is 4.79 Å². The molecule has 1 aliphatic heterocycles. The number of amides is 1. The normalized spacial score (nSPS) is 14.6. The van der Waals surface area contributed by atoms with Gasteiger partial charge in [-0.2, -0.15) is 5.10 Å². The van der Waals surface area contributed by atoms with E-state index in [2.05, 4.69) is 49.2 Å². The van der Waals surface area contributed by atoms with Gasteiger partial charge < -0.3 is 15.5 Å². The Kier molecular flexibility index (Phi) is 6.73. The number of hydrogen-bond acceptors (Lipinski definition) is 7. The maximum Gasteiger partial charge on any atom is 0.259 e. The molecular weight excluding hydrogens is 452 g/mol. The summed E-state index contributed by atoms with van der Waals surface area (Å²) in [5.74, 6) is 1.04. The van der Waals surface area contributed by atoms with E-state index in [0.717, 1.165) is 42.0 Å². The summed E-state index contributed by atoms with van der Waals surface area (Å²) < 4.78 is 1.67. The van der Waals surface area contributed by atoms with Crippen molar-refractivity contribution in [3.05, 3.63) is 84.2 Å². The van der Waals surface area contributed by atoms with Crippen molar-refractivity contribution in [2.24, 2.45) is 5.92 Å². The SMILES string of the molecule is C=C(c1ccn2ncc(C(=O)Nc3cccnc3)c2c1)c1cnc(NCC2CCN(C)CC2)nc1C. The third kappa shape index (κ3) is 5.11. The van der Waals surface area contributed by atoms with Crippen LogP contribution in [-0.4, -0.2) is 62.1 Å². The highest BCUT2D eigenvalue weighted by atomic mass is 16.1. The number of piperidine rings is 1. The molecule has 9 nitrogen and oxygen atoms in total. The van der Waals surface area contributed by atoms with Crippen LogP contribution in [0.2, 0.25) is 0 Å². The minimum atomic E-state index is -0.250. The summed E-state index contributed by atoms with van der Waals surface area (Å²) in [4.78, 5) is 28.5. The molecule has 1 amide bonds. The van der Waals surface area contributed by atoms with E-state index in [0.29, 0.717) is 28.6 Å². The van der Waals surface area contributed by atoms with Crippen molar-refractivity contribution >= 4 is 28.6 Å². The van der Waals surface area contributed by atoms with E-state index in [1.54, 1.807) is 35.2 Å². The number of aryl methyl sites for hydroxylation is 1. The fraction of sp³-hybridized carbons (Fsp3) is 0.296. The lowest BCUT2D eigenvalue weighted by Gasteiger charge is -2.28. The Labute approximate surface area is 210 Å². The molecule has 5 rings (SSSR count). The predicted molar refractivity (Wildman–Crippen MR) is 141 cm³/mol. The lowest BCUT2D eigenvalue weighted by Crippen LogP contribution is -2.33. The van der Waals surface area contributed by atoms with E-state index < -0.39 is 0 Å². The van der Waals surface area contributed by atoms with E-state index in [-0.39, 0.29) is 5.91 Å². The Hall–Kier alpha value is -4.11. The van der Waals surface area contributed by atoms with Crippen LogP contribution in [0.4, 0.5) is 11.6 Å². The number of carbonyl (C=O) groups excluding carboxylic acids is 1. The van der Waals surface area contributed by atoms with Crippen LogP contribution in [0.5, 0.6) is 0 Å². The second kappa shape index (κ2) is 10.2. The first-order chi connectivity index (χ1) is 17.5. The fourth-order valence-electron chi connectivity index (χ4n) is 4.48. The Morgan fingerprint density at radius 3 is 2.75 bits per heavy atom. The standard InChI is InChI=1S/C27H30N8O/c1-18(23-16-30-27(32-19(23)2)29-14-20-6-10-34(3)11-7-20)21-8-12-35-25(13-21)24(17-31-35)26(36)33-22-5-4-9-28-15-22/h4-5,8-9,12-13,15-17,20H,1,6-7,10-11,14H2,2-3H3,(H,33,36)(H,29,30,32). The number of hydrogen-bond donors (Lipinski definition) is 2. The molecule has 5 heterocycles. The molecule has 0 saturated carbocycles. The summed E-state index contributed by atoms with van der Waals surface area (Å²) in [6.07, 6.45) is 10.8. The molecule has 0 unspecified atom stereocenters. The largest absolute Gasteiger partial charge is 0.354 e. The third-order valence-electron chi connectivity index (χ3n) is 6.73. The number of carbonyl (C=O) groups is 1. The zero-order valence-electron chi connectivity index (χ0n) is 20.6. The molecule has 0 aromatic carbocycles. The van der Waals surface area contributed by atoms with Crippen LogP contribution in [0.15, 0.2) is 61.8 Å². The second-order valence-electron chi connectivity index (χ2n) is 9.30. The molecule has 9 heteroatoms. The molecule has 0 radical (unpaired) electrons. The molecule has 0 bridgehead atoms. The number of aromatic nitrogens is 5. The quantitative estimate of drug-likeness (QED) is 0.412. The van der Waals surface area contributed by atoms with Gasteiger partial charge in [-0.1, -0.05) is 6.58 Å². The van der Waals surface area contributed by atoms with E-state index >= 15 is 0 Å². The topological polar surface area (TPSA) is 100 Å². The highest BCUT2D eigenvalue weighted by Gasteiger charge is 2.18. The molecule has 36 heavy (non-hydrogen) atoms. The maximum absolute atomic E-state index is 12.9. The Morgan fingerprint density at radius 2 is 2.00 bits per heavy atom. The zero-order valence-corrected chi connectivity index (χ0v) is 20.6. The molecule has 1 aliphatic rings. The minimum Gasteiger partial charge on any atom is -0.354 e. The molecule has 0 spiro atoms. The van der Waals surface area contributed by atoms with Crippen LogP contribution in [0.3, 0.4) is 0 Å². The van der Waals surface area contributed by atoms with Crippen LogP contribution in [0, 0.1) is 12.8 Å². The molecule has 1 saturated heterocycles. The molecule has 4 aromatic rings. The van der Waals surface area contributed by atoms with Crippen molar-refractivity contribution in [1.82, 2.24) is 29.5 Å². The summed E-state index contributed by atoms with van der Waals surface area (Å²) in [5.41, 5.74) is 5.15. The van der Waals surface area contributed by atoms with Crippen LogP contribution >= 0.6 is 0 Å². The minimum absolute atomic E-state index is 0.250. The van der Waals surface area contributed by atoms with Gasteiger partial charge in [0.1, 0.15) is 0 Å². The summed E-state index contributed by atoms with van der Waals surface area (Å²) in [7, 11) is 2.17. The molecule has 1 fully saturated rings. The summed E-state index contributed by atoms with van der Waals surface area (Å²) in [6.45, 7) is 9.43. The van der Waals surface area contributed by atoms with E-state index in [4.69, 9.17) is 0 Å². The average Bonchev–Trinajstić information content (AvgIpc) is 3.32. The van der Waals surface area contributed by atoms with Gasteiger partial charge in [0, 0.05) is 30.7 Å². The van der Waals surface area contributed by atoms with Crippen LogP contribution in [0.1, 0.15) is 40.0 Å². The van der Waals surface area contributed by atoms with Crippen molar-refractivity contribution in [3.8, 4) is 0 Å². The van der Waals surface area contributed by atoms with Gasteiger partial charge in [-0.15, -0.1) is 0 Å². The van der Waals surface area contributed by atoms with Gasteiger partial charge in [0.15, 0.2) is 0 Å². The van der Waals surface area contributed by atoms with Crippen molar-refractivity contribution in [2.45, 2.75) is 19.8 Å². The molecule has 0 atom stereocenters. The van der Waals surface area contributed by atoms with Gasteiger partial charge in [0.05, 0.1) is 34.9 Å². The number of anilines is 2. The number of likely N-dealkylation sites (tertiary alicyclic amines) is 1. The summed E-state index contributed by atoms with van der Waals surface area (Å²) in [6, 6.07) is 7.41. The number of nitrogens with one attached hydrogen (secondary N) is 2.